The lowest BCUT2D eigenvalue weighted by molar-refractivity contribution is -0.140. The summed E-state index contributed by atoms with van der Waals surface area (Å²) >= 11 is 0. The predicted octanol–water partition coefficient (Wildman–Crippen LogP) is -4.42. The second-order valence-electron chi connectivity index (χ2n) is 7.36. The van der Waals surface area contributed by atoms with Crippen LogP contribution in [0.15, 0.2) is 0 Å². The van der Waals surface area contributed by atoms with Crippen LogP contribution in [0.4, 0.5) is 0 Å². The van der Waals surface area contributed by atoms with Crippen molar-refractivity contribution in [1.82, 2.24) is 26.6 Å². The van der Waals surface area contributed by atoms with Crippen LogP contribution in [0, 0.1) is 0 Å². The first-order valence-corrected chi connectivity index (χ1v) is 10.4. The molecule has 16 heteroatoms. The molecule has 0 spiro atoms. The molecule has 5 amide bonds. The van der Waals surface area contributed by atoms with Gasteiger partial charge in [-0.15, -0.1) is 0 Å². The molecule has 35 heavy (non-hydrogen) atoms. The number of hydrogen-bond donors (Lipinski definition) is 8. The molecule has 0 aromatic carbocycles. The van der Waals surface area contributed by atoms with Gasteiger partial charge in [0.15, 0.2) is 0 Å². The van der Waals surface area contributed by atoms with E-state index in [2.05, 4.69) is 26.6 Å². The molecule has 0 saturated carbocycles. The van der Waals surface area contributed by atoms with Gasteiger partial charge >= 0.3 is 11.9 Å². The topological polar surface area (TPSA) is 263 Å². The van der Waals surface area contributed by atoms with E-state index in [0.29, 0.717) is 6.29 Å². The number of aldehydes is 1. The maximum atomic E-state index is 12.4. The Bertz CT molecular complexity index is 831. The van der Waals surface area contributed by atoms with E-state index in [9.17, 15) is 38.4 Å². The third kappa shape index (κ3) is 13.3. The molecule has 0 aliphatic heterocycles. The first-order chi connectivity index (χ1) is 16.3. The molecule has 0 aliphatic rings. The molecule has 0 aromatic heterocycles. The van der Waals surface area contributed by atoms with Crippen LogP contribution in [-0.2, 0) is 38.4 Å². The van der Waals surface area contributed by atoms with E-state index in [0.717, 1.165) is 0 Å². The third-order valence-electron chi connectivity index (χ3n) is 4.26. The van der Waals surface area contributed by atoms with Gasteiger partial charge in [0, 0.05) is 6.42 Å². The van der Waals surface area contributed by atoms with Crippen LogP contribution in [-0.4, -0.2) is 95.2 Å². The van der Waals surface area contributed by atoms with Crippen LogP contribution >= 0.6 is 0 Å². The molecular formula is C19H30N6O10. The van der Waals surface area contributed by atoms with Gasteiger partial charge in [0.25, 0.3) is 0 Å². The lowest BCUT2D eigenvalue weighted by atomic mass is 10.1. The Hall–Kier alpha value is -4.08. The minimum Gasteiger partial charge on any atom is -0.481 e. The highest BCUT2D eigenvalue weighted by molar-refractivity contribution is 5.95. The fourth-order valence-corrected chi connectivity index (χ4v) is 2.43. The number of rotatable bonds is 16. The van der Waals surface area contributed by atoms with Crippen molar-refractivity contribution in [3.05, 3.63) is 0 Å². The minimum absolute atomic E-state index is 0.270. The van der Waals surface area contributed by atoms with Crippen molar-refractivity contribution in [3.63, 3.8) is 0 Å². The Balaban J connectivity index is 4.93. The largest absolute Gasteiger partial charge is 0.481 e. The molecule has 0 saturated heterocycles. The summed E-state index contributed by atoms with van der Waals surface area (Å²) in [6.07, 6.45) is -1.13. The summed E-state index contributed by atoms with van der Waals surface area (Å²) in [6, 6.07) is -4.98. The smallest absolute Gasteiger partial charge is 0.305 e. The Morgan fingerprint density at radius 1 is 0.800 bits per heavy atom. The Morgan fingerprint density at radius 3 is 1.94 bits per heavy atom. The molecule has 9 N–H and O–H groups in total. The van der Waals surface area contributed by atoms with Crippen LogP contribution < -0.4 is 32.3 Å². The number of nitrogens with one attached hydrogen (secondary N) is 5. The Labute approximate surface area is 199 Å². The van der Waals surface area contributed by atoms with E-state index >= 15 is 0 Å². The van der Waals surface area contributed by atoms with E-state index in [1.807, 2.05) is 0 Å². The molecule has 0 heterocycles. The van der Waals surface area contributed by atoms with Crippen molar-refractivity contribution >= 4 is 47.8 Å². The van der Waals surface area contributed by atoms with Gasteiger partial charge in [0.05, 0.1) is 25.6 Å². The van der Waals surface area contributed by atoms with E-state index in [1.165, 1.54) is 13.8 Å². The monoisotopic (exact) mass is 502 g/mol. The first-order valence-electron chi connectivity index (χ1n) is 10.4. The van der Waals surface area contributed by atoms with Gasteiger partial charge in [-0.05, 0) is 20.3 Å². The third-order valence-corrected chi connectivity index (χ3v) is 4.26. The predicted molar refractivity (Wildman–Crippen MR) is 116 cm³/mol. The van der Waals surface area contributed by atoms with Crippen molar-refractivity contribution in [2.24, 2.45) is 5.73 Å². The van der Waals surface area contributed by atoms with Crippen molar-refractivity contribution < 1.29 is 48.6 Å². The van der Waals surface area contributed by atoms with Crippen molar-refractivity contribution in [2.75, 3.05) is 13.1 Å². The van der Waals surface area contributed by atoms with E-state index < -0.39 is 91.6 Å². The Kier molecular flexibility index (Phi) is 13.9. The summed E-state index contributed by atoms with van der Waals surface area (Å²) in [5, 5.41) is 28.6. The SMILES string of the molecule is C[C@H](N)C(=O)N[C@@H](CCC(=O)O)C(=O)N[C@@H](C)C(=O)NCC(=O)N[C@@H](CC(=O)O)C(=O)NCC=O. The fraction of sp³-hybridized carbons (Fsp3) is 0.579. The van der Waals surface area contributed by atoms with Crippen LogP contribution in [0.5, 0.6) is 0 Å². The van der Waals surface area contributed by atoms with Crippen molar-refractivity contribution in [2.45, 2.75) is 57.3 Å². The number of hydrogen-bond acceptors (Lipinski definition) is 9. The normalized spacial score (nSPS) is 13.7. The van der Waals surface area contributed by atoms with Crippen molar-refractivity contribution in [1.29, 1.82) is 0 Å². The molecule has 0 fully saturated rings. The Morgan fingerprint density at radius 2 is 1.43 bits per heavy atom. The quantitative estimate of drug-likeness (QED) is 0.0933. The zero-order chi connectivity index (χ0) is 27.1. The number of carbonyl (C=O) groups is 8. The van der Waals surface area contributed by atoms with Crippen LogP contribution in [0.1, 0.15) is 33.1 Å². The summed E-state index contributed by atoms with van der Waals surface area (Å²) in [6.45, 7) is 1.54. The number of nitrogens with two attached hydrogens (primary N) is 1. The number of carboxylic acids is 2. The van der Waals surface area contributed by atoms with Crippen LogP contribution in [0.2, 0.25) is 0 Å². The average Bonchev–Trinajstić information content (AvgIpc) is 2.76. The molecule has 0 unspecified atom stereocenters. The van der Waals surface area contributed by atoms with Gasteiger partial charge in [-0.1, -0.05) is 0 Å². The van der Waals surface area contributed by atoms with Gasteiger partial charge in [-0.2, -0.15) is 0 Å². The maximum Gasteiger partial charge on any atom is 0.305 e. The van der Waals surface area contributed by atoms with E-state index in [4.69, 9.17) is 15.9 Å². The molecule has 16 nitrogen and oxygen atoms in total. The number of carboxylic acid groups (broad SMARTS) is 2. The standard InChI is InChI=1S/C19H30N6O10/c1-9(20)16(32)25-11(3-4-14(28)29)19(35)23-10(2)17(33)22-8-13(27)24-12(7-15(30)31)18(34)21-5-6-26/h6,9-12H,3-5,7-8,20H2,1-2H3,(H,21,34)(H,22,33)(H,23,35)(H,24,27)(H,25,32)(H,28,29)(H,30,31)/t9-,10-,11-,12-/m0/s1. The van der Waals surface area contributed by atoms with Gasteiger partial charge in [-0.25, -0.2) is 0 Å². The van der Waals surface area contributed by atoms with Crippen LogP contribution in [0.25, 0.3) is 0 Å². The van der Waals surface area contributed by atoms with Gasteiger partial charge in [0.1, 0.15) is 24.4 Å². The summed E-state index contributed by atoms with van der Waals surface area (Å²) in [5.74, 6) is -6.86. The van der Waals surface area contributed by atoms with Gasteiger partial charge in [0.2, 0.25) is 29.5 Å². The highest BCUT2D eigenvalue weighted by Gasteiger charge is 2.27. The summed E-state index contributed by atoms with van der Waals surface area (Å²) < 4.78 is 0. The highest BCUT2D eigenvalue weighted by Crippen LogP contribution is 2.00. The lowest BCUT2D eigenvalue weighted by Gasteiger charge is -2.21. The number of carbonyl (C=O) groups excluding carboxylic acids is 6. The zero-order valence-electron chi connectivity index (χ0n) is 19.2. The molecule has 0 rings (SSSR count). The summed E-state index contributed by atoms with van der Waals surface area (Å²) in [7, 11) is 0. The number of amides is 5. The van der Waals surface area contributed by atoms with Gasteiger partial charge < -0.3 is 47.3 Å². The molecule has 0 bridgehead atoms. The molecule has 0 aliphatic carbocycles. The average molecular weight is 502 g/mol. The molecule has 196 valence electrons. The van der Waals surface area contributed by atoms with E-state index in [1.54, 1.807) is 0 Å². The maximum absolute atomic E-state index is 12.4. The second-order valence-corrected chi connectivity index (χ2v) is 7.36. The second kappa shape index (κ2) is 15.7. The fourth-order valence-electron chi connectivity index (χ4n) is 2.43. The molecule has 0 radical (unpaired) electrons. The number of aliphatic carboxylic acids is 2. The summed E-state index contributed by atoms with van der Waals surface area (Å²) in [4.78, 5) is 92.4. The lowest BCUT2D eigenvalue weighted by Crippen LogP contribution is -2.55. The minimum atomic E-state index is -1.50. The molecule has 4 atom stereocenters. The van der Waals surface area contributed by atoms with Crippen LogP contribution in [0.3, 0.4) is 0 Å². The highest BCUT2D eigenvalue weighted by atomic mass is 16.4. The molecular weight excluding hydrogens is 472 g/mol. The van der Waals surface area contributed by atoms with Gasteiger partial charge in [-0.3, -0.25) is 33.6 Å². The summed E-state index contributed by atoms with van der Waals surface area (Å²) in [5.41, 5.74) is 5.43. The first kappa shape index (κ1) is 30.9. The van der Waals surface area contributed by atoms with E-state index in [-0.39, 0.29) is 6.42 Å². The zero-order valence-corrected chi connectivity index (χ0v) is 19.2. The van der Waals surface area contributed by atoms with Crippen molar-refractivity contribution in [3.8, 4) is 0 Å². The molecule has 0 aromatic rings.